The topological polar surface area (TPSA) is 54.3 Å². The van der Waals surface area contributed by atoms with Crippen LogP contribution in [0.3, 0.4) is 0 Å². The lowest BCUT2D eigenvalue weighted by Gasteiger charge is -2.22. The van der Waals surface area contributed by atoms with E-state index in [2.05, 4.69) is 0 Å². The van der Waals surface area contributed by atoms with E-state index in [-0.39, 0.29) is 5.88 Å². The van der Waals surface area contributed by atoms with Gasteiger partial charge in [0.15, 0.2) is 0 Å². The third-order valence-electron chi connectivity index (χ3n) is 3.47. The van der Waals surface area contributed by atoms with Gasteiger partial charge >= 0.3 is 6.09 Å². The lowest BCUT2D eigenvalue weighted by molar-refractivity contribution is -0.275. The second-order valence-electron chi connectivity index (χ2n) is 6.38. The maximum atomic E-state index is 12.9. The molecule has 1 heterocycles. The molecule has 0 aliphatic heterocycles. The number of benzene rings is 2. The molecule has 0 bridgehead atoms. The van der Waals surface area contributed by atoms with Gasteiger partial charge in [0.25, 0.3) is 0 Å². The van der Waals surface area contributed by atoms with Crippen LogP contribution in [0, 0.1) is 0 Å². The van der Waals surface area contributed by atoms with Gasteiger partial charge in [-0.15, -0.1) is 0 Å². The van der Waals surface area contributed by atoms with Crippen molar-refractivity contribution < 1.29 is 14.6 Å². The molecule has 1 aromatic heterocycles. The zero-order valence-electron chi connectivity index (χ0n) is 13.4. The highest BCUT2D eigenvalue weighted by molar-refractivity contribution is 6.04. The van der Waals surface area contributed by atoms with E-state index in [4.69, 9.17) is 4.74 Å². The first-order valence-corrected chi connectivity index (χ1v) is 7.48. The van der Waals surface area contributed by atoms with E-state index in [0.717, 1.165) is 15.5 Å². The number of fused-ring (bicyclic) bond motifs is 1. The van der Waals surface area contributed by atoms with Gasteiger partial charge < -0.3 is 9.84 Å². The molecule has 0 N–H and O–H groups in total. The number of ether oxygens (including phenoxy) is 1. The Morgan fingerprint density at radius 3 is 2.26 bits per heavy atom. The van der Waals surface area contributed by atoms with E-state index in [9.17, 15) is 9.90 Å². The Morgan fingerprint density at radius 2 is 1.61 bits per heavy atom. The van der Waals surface area contributed by atoms with E-state index in [0.29, 0.717) is 11.1 Å². The number of carbonyl (C=O) groups excluding carboxylic acids is 1. The number of nitrogens with zero attached hydrogens (tertiary/aromatic N) is 1. The van der Waals surface area contributed by atoms with Crippen molar-refractivity contribution in [3.63, 3.8) is 0 Å². The van der Waals surface area contributed by atoms with E-state index < -0.39 is 11.7 Å². The van der Waals surface area contributed by atoms with E-state index >= 15 is 0 Å². The van der Waals surface area contributed by atoms with Gasteiger partial charge in [-0.05, 0) is 38.3 Å². The average Bonchev–Trinajstić information content (AvgIpc) is 2.78. The summed E-state index contributed by atoms with van der Waals surface area (Å²) in [7, 11) is 0. The third-order valence-corrected chi connectivity index (χ3v) is 3.47. The molecule has 0 unspecified atom stereocenters. The van der Waals surface area contributed by atoms with Crippen LogP contribution in [0.1, 0.15) is 20.8 Å². The fraction of sp³-hybridized carbons (Fsp3) is 0.211. The molecule has 0 aliphatic rings. The van der Waals surface area contributed by atoms with Crippen LogP contribution >= 0.6 is 0 Å². The first kappa shape index (κ1) is 15.2. The van der Waals surface area contributed by atoms with E-state index in [1.54, 1.807) is 32.9 Å². The maximum absolute atomic E-state index is 12.9. The Bertz CT molecular complexity index is 857. The average molecular weight is 308 g/mol. The molecule has 0 saturated carbocycles. The largest absolute Gasteiger partial charge is 0.859 e. The van der Waals surface area contributed by atoms with E-state index in [1.165, 1.54) is 0 Å². The van der Waals surface area contributed by atoms with Gasteiger partial charge in [0.05, 0.1) is 5.52 Å². The number of hydrogen-bond acceptors (Lipinski definition) is 3. The molecule has 0 atom stereocenters. The molecular formula is C19H18NO3-. The van der Waals surface area contributed by atoms with Crippen molar-refractivity contribution in [3.8, 4) is 17.0 Å². The molecule has 0 radical (unpaired) electrons. The van der Waals surface area contributed by atoms with Crippen LogP contribution in [0.2, 0.25) is 0 Å². The van der Waals surface area contributed by atoms with Gasteiger partial charge in [0.1, 0.15) is 5.60 Å². The minimum atomic E-state index is -0.665. The summed E-state index contributed by atoms with van der Waals surface area (Å²) in [5.41, 5.74) is 1.20. The van der Waals surface area contributed by atoms with Crippen LogP contribution < -0.4 is 5.11 Å². The molecular weight excluding hydrogens is 290 g/mol. The van der Waals surface area contributed by atoms with Crippen LogP contribution in [-0.4, -0.2) is 16.3 Å². The van der Waals surface area contributed by atoms with Crippen LogP contribution in [0.5, 0.6) is 5.88 Å². The Morgan fingerprint density at radius 1 is 1.00 bits per heavy atom. The predicted molar refractivity (Wildman–Crippen MR) is 88.5 cm³/mol. The molecule has 0 saturated heterocycles. The van der Waals surface area contributed by atoms with Crippen molar-refractivity contribution in [2.75, 3.05) is 0 Å². The quantitative estimate of drug-likeness (QED) is 0.678. The molecule has 0 aliphatic carbocycles. The summed E-state index contributed by atoms with van der Waals surface area (Å²) in [4.78, 5) is 12.5. The number of rotatable bonds is 1. The number of hydrogen-bond donors (Lipinski definition) is 0. The summed E-state index contributed by atoms with van der Waals surface area (Å²) < 4.78 is 6.50. The molecule has 118 valence electrons. The molecule has 0 fully saturated rings. The summed E-state index contributed by atoms with van der Waals surface area (Å²) >= 11 is 0. The smallest absolute Gasteiger partial charge is 0.418 e. The van der Waals surface area contributed by atoms with Crippen LogP contribution in [0.4, 0.5) is 4.79 Å². The first-order chi connectivity index (χ1) is 10.9. The standard InChI is InChI=1S/C19H19NO3/c1-19(2,3)23-18(22)20-15-12-8-7-11-14(15)16(17(20)21)13-9-5-4-6-10-13/h4-12,21H,1-3H3/p-1. The highest BCUT2D eigenvalue weighted by Gasteiger charge is 2.22. The van der Waals surface area contributed by atoms with Crippen molar-refractivity contribution in [2.45, 2.75) is 26.4 Å². The Hall–Kier alpha value is -2.75. The van der Waals surface area contributed by atoms with Crippen LogP contribution in [0.25, 0.3) is 22.0 Å². The van der Waals surface area contributed by atoms with Crippen molar-refractivity contribution in [1.29, 1.82) is 0 Å². The summed E-state index contributed by atoms with van der Waals surface area (Å²) in [6.07, 6.45) is -0.652. The van der Waals surface area contributed by atoms with Gasteiger partial charge in [0.2, 0.25) is 0 Å². The molecule has 3 rings (SSSR count). The minimum absolute atomic E-state index is 0.355. The molecule has 4 nitrogen and oxygen atoms in total. The molecule has 2 aromatic carbocycles. The van der Waals surface area contributed by atoms with Crippen LogP contribution in [0.15, 0.2) is 54.6 Å². The van der Waals surface area contributed by atoms with E-state index in [1.807, 2.05) is 42.5 Å². The summed E-state index contributed by atoms with van der Waals surface area (Å²) in [5, 5.41) is 13.6. The van der Waals surface area contributed by atoms with Crippen LogP contribution in [-0.2, 0) is 4.74 Å². The number of para-hydroxylation sites is 1. The van der Waals surface area contributed by atoms with Gasteiger partial charge in [-0.25, -0.2) is 4.79 Å². The van der Waals surface area contributed by atoms with Crippen molar-refractivity contribution in [2.24, 2.45) is 0 Å². The highest BCUT2D eigenvalue weighted by Crippen LogP contribution is 2.38. The molecule has 0 spiro atoms. The summed E-state index contributed by atoms with van der Waals surface area (Å²) in [6.45, 7) is 5.33. The van der Waals surface area contributed by atoms with Crippen molar-refractivity contribution >= 4 is 17.0 Å². The van der Waals surface area contributed by atoms with Gasteiger partial charge in [0, 0.05) is 10.9 Å². The normalized spacial score (nSPS) is 11.6. The van der Waals surface area contributed by atoms with Crippen molar-refractivity contribution in [3.05, 3.63) is 54.6 Å². The molecule has 4 heteroatoms. The highest BCUT2D eigenvalue weighted by atomic mass is 16.6. The second kappa shape index (κ2) is 5.47. The molecule has 0 amide bonds. The van der Waals surface area contributed by atoms with Gasteiger partial charge in [-0.3, -0.25) is 4.57 Å². The number of aromatic nitrogens is 1. The number of carbonyl (C=O) groups is 1. The van der Waals surface area contributed by atoms with Gasteiger partial charge in [-0.2, -0.15) is 0 Å². The summed E-state index contributed by atoms with van der Waals surface area (Å²) in [5.74, 6) is -0.355. The maximum Gasteiger partial charge on any atom is 0.418 e. The third kappa shape index (κ3) is 2.80. The fourth-order valence-electron chi connectivity index (χ4n) is 2.59. The Kier molecular flexibility index (Phi) is 3.60. The van der Waals surface area contributed by atoms with Crippen molar-refractivity contribution in [1.82, 2.24) is 4.57 Å². The Balaban J connectivity index is 2.24. The Labute approximate surface area is 134 Å². The fourth-order valence-corrected chi connectivity index (χ4v) is 2.59. The zero-order chi connectivity index (χ0) is 16.6. The monoisotopic (exact) mass is 308 g/mol. The second-order valence-corrected chi connectivity index (χ2v) is 6.38. The first-order valence-electron chi connectivity index (χ1n) is 7.48. The SMILES string of the molecule is CC(C)(C)OC(=O)n1c([O-])c(-c2ccccc2)c2ccccc21. The zero-order valence-corrected chi connectivity index (χ0v) is 13.4. The summed E-state index contributed by atoms with van der Waals surface area (Å²) in [6, 6.07) is 16.6. The lowest BCUT2D eigenvalue weighted by Crippen LogP contribution is -2.27. The lowest BCUT2D eigenvalue weighted by atomic mass is 10.0. The van der Waals surface area contributed by atoms with Gasteiger partial charge in [-0.1, -0.05) is 48.5 Å². The predicted octanol–water partition coefficient (Wildman–Crippen LogP) is 4.17. The molecule has 3 aromatic rings. The minimum Gasteiger partial charge on any atom is -0.859 e. The molecule has 23 heavy (non-hydrogen) atoms.